The quantitative estimate of drug-likeness (QED) is 0.388. The fraction of sp³-hybridized carbons (Fsp3) is 0.929. The zero-order valence-electron chi connectivity index (χ0n) is 12.5. The molecule has 1 atom stereocenters. The summed E-state index contributed by atoms with van der Waals surface area (Å²) < 4.78 is 0. The van der Waals surface area contributed by atoms with Gasteiger partial charge in [-0.05, 0) is 44.4 Å². The average molecular weight is 383 g/mol. The van der Waals surface area contributed by atoms with Gasteiger partial charge in [-0.25, -0.2) is 0 Å². The molecule has 0 aromatic carbocycles. The molecule has 19 heavy (non-hydrogen) atoms. The summed E-state index contributed by atoms with van der Waals surface area (Å²) in [6, 6.07) is 0.559. The molecule has 0 bridgehead atoms. The third-order valence-electron chi connectivity index (χ3n) is 3.57. The van der Waals surface area contributed by atoms with Gasteiger partial charge < -0.3 is 15.7 Å². The first-order valence-electron chi connectivity index (χ1n) is 7.31. The minimum Gasteiger partial charge on any atom is -0.396 e. The van der Waals surface area contributed by atoms with Gasteiger partial charge in [-0.2, -0.15) is 0 Å². The largest absolute Gasteiger partial charge is 0.396 e. The van der Waals surface area contributed by atoms with Crippen molar-refractivity contribution >= 4 is 29.9 Å². The smallest absolute Gasteiger partial charge is 0.191 e. The Morgan fingerprint density at radius 3 is 2.47 bits per heavy atom. The second-order valence-electron chi connectivity index (χ2n) is 5.61. The molecule has 1 fully saturated rings. The fourth-order valence-corrected chi connectivity index (χ4v) is 2.22. The van der Waals surface area contributed by atoms with Crippen molar-refractivity contribution in [1.29, 1.82) is 0 Å². The summed E-state index contributed by atoms with van der Waals surface area (Å²) in [7, 11) is 0. The second kappa shape index (κ2) is 10.7. The summed E-state index contributed by atoms with van der Waals surface area (Å²) in [6.07, 6.45) is 5.09. The number of halogens is 1. The van der Waals surface area contributed by atoms with Crippen molar-refractivity contribution in [3.05, 3.63) is 0 Å². The number of aliphatic hydroxyl groups excluding tert-OH is 1. The third-order valence-corrected chi connectivity index (χ3v) is 3.57. The van der Waals surface area contributed by atoms with Gasteiger partial charge >= 0.3 is 0 Å². The van der Waals surface area contributed by atoms with E-state index in [4.69, 9.17) is 5.11 Å². The third kappa shape index (κ3) is 7.97. The van der Waals surface area contributed by atoms with Gasteiger partial charge in [-0.15, -0.1) is 24.0 Å². The number of aliphatic hydroxyl groups is 1. The predicted octanol–water partition coefficient (Wildman–Crippen LogP) is 2.37. The Morgan fingerprint density at radius 2 is 1.95 bits per heavy atom. The molecular weight excluding hydrogens is 353 g/mol. The molecule has 0 radical (unpaired) electrons. The van der Waals surface area contributed by atoms with Crippen LogP contribution in [-0.2, 0) is 0 Å². The number of aliphatic imine (C=N–C) groups is 1. The molecule has 1 aliphatic carbocycles. The molecule has 114 valence electrons. The Kier molecular flexibility index (Phi) is 10.7. The lowest BCUT2D eigenvalue weighted by Gasteiger charge is -2.28. The van der Waals surface area contributed by atoms with Crippen LogP contribution in [0.25, 0.3) is 0 Å². The number of nitrogens with zero attached hydrogens (tertiary/aromatic N) is 1. The van der Waals surface area contributed by atoms with E-state index in [9.17, 15) is 0 Å². The molecule has 0 aromatic rings. The highest BCUT2D eigenvalue weighted by Crippen LogP contribution is 2.23. The molecule has 0 aliphatic heterocycles. The molecule has 1 unspecified atom stereocenters. The van der Waals surface area contributed by atoms with Crippen LogP contribution in [0.2, 0.25) is 0 Å². The molecule has 0 heterocycles. The highest BCUT2D eigenvalue weighted by atomic mass is 127. The van der Waals surface area contributed by atoms with Crippen molar-refractivity contribution in [1.82, 2.24) is 10.6 Å². The Labute approximate surface area is 134 Å². The molecule has 0 spiro atoms. The Morgan fingerprint density at radius 1 is 1.32 bits per heavy atom. The first-order valence-corrected chi connectivity index (χ1v) is 7.31. The summed E-state index contributed by atoms with van der Waals surface area (Å²) in [5.74, 6) is 2.00. The van der Waals surface area contributed by atoms with E-state index in [2.05, 4.69) is 29.5 Å². The van der Waals surface area contributed by atoms with Crippen molar-refractivity contribution in [2.45, 2.75) is 52.5 Å². The predicted molar refractivity (Wildman–Crippen MR) is 92.2 cm³/mol. The van der Waals surface area contributed by atoms with E-state index in [1.165, 1.54) is 25.7 Å². The zero-order chi connectivity index (χ0) is 13.4. The number of rotatable bonds is 5. The van der Waals surface area contributed by atoms with Crippen LogP contribution in [0.3, 0.4) is 0 Å². The highest BCUT2D eigenvalue weighted by molar-refractivity contribution is 14.0. The molecule has 0 saturated heterocycles. The van der Waals surface area contributed by atoms with Gasteiger partial charge in [0, 0.05) is 25.7 Å². The van der Waals surface area contributed by atoms with Crippen molar-refractivity contribution in [2.24, 2.45) is 16.8 Å². The number of hydrogen-bond acceptors (Lipinski definition) is 2. The van der Waals surface area contributed by atoms with E-state index in [1.54, 1.807) is 0 Å². The highest BCUT2D eigenvalue weighted by Gasteiger charge is 2.18. The number of hydrogen-bond donors (Lipinski definition) is 3. The van der Waals surface area contributed by atoms with Crippen molar-refractivity contribution in [3.63, 3.8) is 0 Å². The van der Waals surface area contributed by atoms with Crippen molar-refractivity contribution < 1.29 is 5.11 Å². The lowest BCUT2D eigenvalue weighted by molar-refractivity contribution is 0.241. The summed E-state index contributed by atoms with van der Waals surface area (Å²) >= 11 is 0. The maximum absolute atomic E-state index is 9.02. The van der Waals surface area contributed by atoms with E-state index >= 15 is 0 Å². The van der Waals surface area contributed by atoms with Gasteiger partial charge in [0.1, 0.15) is 0 Å². The maximum atomic E-state index is 9.02. The van der Waals surface area contributed by atoms with Crippen molar-refractivity contribution in [2.75, 3.05) is 19.7 Å². The van der Waals surface area contributed by atoms with Crippen LogP contribution in [0.5, 0.6) is 0 Å². The Balaban J connectivity index is 0.00000324. The molecule has 0 amide bonds. The molecule has 5 heteroatoms. The summed E-state index contributed by atoms with van der Waals surface area (Å²) in [5, 5.41) is 15.8. The fourth-order valence-electron chi connectivity index (χ4n) is 2.22. The summed E-state index contributed by atoms with van der Waals surface area (Å²) in [6.45, 7) is 8.17. The Hall–Kier alpha value is -0.0400. The van der Waals surface area contributed by atoms with E-state index in [1.807, 2.05) is 6.92 Å². The van der Waals surface area contributed by atoms with Crippen LogP contribution in [0.1, 0.15) is 46.5 Å². The van der Waals surface area contributed by atoms with Gasteiger partial charge in [0.15, 0.2) is 5.96 Å². The van der Waals surface area contributed by atoms with E-state index in [0.717, 1.165) is 18.4 Å². The first-order chi connectivity index (χ1) is 8.65. The average Bonchev–Trinajstić information content (AvgIpc) is 2.38. The van der Waals surface area contributed by atoms with Crippen LogP contribution in [-0.4, -0.2) is 36.8 Å². The molecule has 0 aromatic heterocycles. The number of nitrogens with one attached hydrogen (secondary N) is 2. The van der Waals surface area contributed by atoms with Gasteiger partial charge in [-0.1, -0.05) is 13.8 Å². The van der Waals surface area contributed by atoms with Crippen LogP contribution in [0.15, 0.2) is 4.99 Å². The van der Waals surface area contributed by atoms with Gasteiger partial charge in [-0.3, -0.25) is 4.99 Å². The minimum atomic E-state index is 0. The molecule has 1 aliphatic rings. The van der Waals surface area contributed by atoms with E-state index in [0.29, 0.717) is 12.6 Å². The summed E-state index contributed by atoms with van der Waals surface area (Å²) in [4.78, 5) is 4.53. The van der Waals surface area contributed by atoms with Crippen molar-refractivity contribution in [3.8, 4) is 0 Å². The minimum absolute atomic E-state index is 0. The Bertz CT molecular complexity index is 253. The van der Waals surface area contributed by atoms with Crippen LogP contribution in [0.4, 0.5) is 0 Å². The first kappa shape index (κ1) is 19.0. The van der Waals surface area contributed by atoms with Crippen LogP contribution < -0.4 is 10.6 Å². The lowest BCUT2D eigenvalue weighted by atomic mass is 9.87. The molecule has 1 saturated carbocycles. The standard InChI is InChI=1S/C14H29N3O.HI/c1-4-15-14(16-9-12(3)10-18)17-13-7-5-11(2)6-8-13;/h11-13,18H,4-10H2,1-3H3,(H2,15,16,17);1H. The zero-order valence-corrected chi connectivity index (χ0v) is 14.8. The van der Waals surface area contributed by atoms with E-state index in [-0.39, 0.29) is 36.5 Å². The molecule has 4 nitrogen and oxygen atoms in total. The molecule has 1 rings (SSSR count). The summed E-state index contributed by atoms with van der Waals surface area (Å²) in [5.41, 5.74) is 0. The molecular formula is C14H30IN3O. The number of guanidine groups is 1. The van der Waals surface area contributed by atoms with Gasteiger partial charge in [0.05, 0.1) is 0 Å². The van der Waals surface area contributed by atoms with E-state index < -0.39 is 0 Å². The second-order valence-corrected chi connectivity index (χ2v) is 5.61. The van der Waals surface area contributed by atoms with Crippen LogP contribution in [0, 0.1) is 11.8 Å². The lowest BCUT2D eigenvalue weighted by Crippen LogP contribution is -2.45. The normalized spacial score (nSPS) is 25.4. The molecule has 3 N–H and O–H groups in total. The SMILES string of the molecule is CCNC(=NCC(C)CO)NC1CCC(C)CC1.I. The maximum Gasteiger partial charge on any atom is 0.191 e. The topological polar surface area (TPSA) is 56.7 Å². The van der Waals surface area contributed by atoms with Gasteiger partial charge in [0.2, 0.25) is 0 Å². The van der Waals surface area contributed by atoms with Crippen LogP contribution >= 0.6 is 24.0 Å². The van der Waals surface area contributed by atoms with Gasteiger partial charge in [0.25, 0.3) is 0 Å². The monoisotopic (exact) mass is 383 g/mol.